The maximum Gasteiger partial charge on any atom is 0.338 e. The summed E-state index contributed by atoms with van der Waals surface area (Å²) in [6, 6.07) is 1.24. The van der Waals surface area contributed by atoms with Crippen LogP contribution in [0.5, 0.6) is 0 Å². The quantitative estimate of drug-likeness (QED) is 0.865. The molecular weight excluding hydrogens is 250 g/mol. The summed E-state index contributed by atoms with van der Waals surface area (Å²) in [5.41, 5.74) is -0.0261. The number of amides is 1. The lowest BCUT2D eigenvalue weighted by Gasteiger charge is -2.26. The van der Waals surface area contributed by atoms with Crippen LogP contribution in [0.2, 0.25) is 0 Å². The molecule has 7 heteroatoms. The van der Waals surface area contributed by atoms with Crippen LogP contribution in [0.15, 0.2) is 29.1 Å². The SMILES string of the molecule is O=C(O)c1coc(C(=O)N2CCn3ccnc3C2)c1. The Morgan fingerprint density at radius 3 is 2.95 bits per heavy atom. The van der Waals surface area contributed by atoms with Crippen LogP contribution < -0.4 is 0 Å². The van der Waals surface area contributed by atoms with Gasteiger partial charge in [0, 0.05) is 31.5 Å². The van der Waals surface area contributed by atoms with Crippen LogP contribution >= 0.6 is 0 Å². The summed E-state index contributed by atoms with van der Waals surface area (Å²) in [7, 11) is 0. The minimum atomic E-state index is -1.11. The van der Waals surface area contributed by atoms with Gasteiger partial charge < -0.3 is 19.0 Å². The lowest BCUT2D eigenvalue weighted by atomic mass is 10.2. The van der Waals surface area contributed by atoms with Crippen molar-refractivity contribution in [2.75, 3.05) is 6.54 Å². The molecule has 0 radical (unpaired) electrons. The van der Waals surface area contributed by atoms with Gasteiger partial charge in [-0.25, -0.2) is 9.78 Å². The number of imidazole rings is 1. The fraction of sp³-hybridized carbons (Fsp3) is 0.250. The van der Waals surface area contributed by atoms with E-state index in [0.29, 0.717) is 19.6 Å². The maximum absolute atomic E-state index is 12.2. The molecule has 3 rings (SSSR count). The molecule has 0 unspecified atom stereocenters. The highest BCUT2D eigenvalue weighted by Gasteiger charge is 2.25. The molecule has 19 heavy (non-hydrogen) atoms. The van der Waals surface area contributed by atoms with Crippen molar-refractivity contribution >= 4 is 11.9 Å². The van der Waals surface area contributed by atoms with Crippen LogP contribution in [0, 0.1) is 0 Å². The second kappa shape index (κ2) is 4.27. The number of aromatic carboxylic acids is 1. The number of hydrogen-bond acceptors (Lipinski definition) is 4. The molecule has 1 N–H and O–H groups in total. The van der Waals surface area contributed by atoms with Gasteiger partial charge in [-0.05, 0) is 0 Å². The van der Waals surface area contributed by atoms with Crippen LogP contribution in [-0.2, 0) is 13.1 Å². The zero-order valence-electron chi connectivity index (χ0n) is 9.94. The normalized spacial score (nSPS) is 14.2. The molecule has 0 saturated carbocycles. The number of rotatable bonds is 2. The fourth-order valence-corrected chi connectivity index (χ4v) is 2.06. The van der Waals surface area contributed by atoms with Gasteiger partial charge in [0.1, 0.15) is 12.1 Å². The molecule has 0 fully saturated rings. The molecule has 0 bridgehead atoms. The minimum absolute atomic E-state index is 0.0261. The number of hydrogen-bond donors (Lipinski definition) is 1. The van der Waals surface area contributed by atoms with Crippen LogP contribution in [0.3, 0.4) is 0 Å². The second-order valence-electron chi connectivity index (χ2n) is 4.27. The first-order valence-electron chi connectivity index (χ1n) is 5.76. The molecule has 3 heterocycles. The fourth-order valence-electron chi connectivity index (χ4n) is 2.06. The van der Waals surface area contributed by atoms with Crippen LogP contribution in [0.25, 0.3) is 0 Å². The number of fused-ring (bicyclic) bond motifs is 1. The Labute approximate surface area is 108 Å². The molecule has 2 aromatic heterocycles. The van der Waals surface area contributed by atoms with E-state index in [1.54, 1.807) is 11.1 Å². The Hall–Kier alpha value is -2.57. The molecule has 0 spiro atoms. The third kappa shape index (κ3) is 1.99. The minimum Gasteiger partial charge on any atom is -0.478 e. The zero-order chi connectivity index (χ0) is 13.4. The van der Waals surface area contributed by atoms with E-state index in [0.717, 1.165) is 12.1 Å². The maximum atomic E-state index is 12.2. The van der Waals surface area contributed by atoms with E-state index in [4.69, 9.17) is 9.52 Å². The van der Waals surface area contributed by atoms with Gasteiger partial charge in [0.05, 0.1) is 12.1 Å². The monoisotopic (exact) mass is 261 g/mol. The number of aromatic nitrogens is 2. The first-order chi connectivity index (χ1) is 9.15. The van der Waals surface area contributed by atoms with Gasteiger partial charge >= 0.3 is 5.97 Å². The van der Waals surface area contributed by atoms with Crippen molar-refractivity contribution in [3.8, 4) is 0 Å². The van der Waals surface area contributed by atoms with Gasteiger partial charge in [0.15, 0.2) is 5.76 Å². The van der Waals surface area contributed by atoms with Crippen molar-refractivity contribution in [1.82, 2.24) is 14.5 Å². The third-order valence-electron chi connectivity index (χ3n) is 3.09. The molecule has 1 amide bonds. The average Bonchev–Trinajstić information content (AvgIpc) is 3.06. The summed E-state index contributed by atoms with van der Waals surface area (Å²) in [6.07, 6.45) is 4.63. The van der Waals surface area contributed by atoms with Crippen molar-refractivity contribution in [3.63, 3.8) is 0 Å². The highest BCUT2D eigenvalue weighted by molar-refractivity contribution is 5.95. The Bertz CT molecular complexity index is 643. The summed E-state index contributed by atoms with van der Waals surface area (Å²) in [5.74, 6) is -0.583. The predicted octanol–water partition coefficient (Wildman–Crippen LogP) is 0.830. The topological polar surface area (TPSA) is 88.6 Å². The summed E-state index contributed by atoms with van der Waals surface area (Å²) in [5, 5.41) is 8.79. The van der Waals surface area contributed by atoms with Gasteiger partial charge in [0.2, 0.25) is 0 Å². The first-order valence-corrected chi connectivity index (χ1v) is 5.76. The number of nitrogens with zero attached hydrogens (tertiary/aromatic N) is 3. The number of furan rings is 1. The van der Waals surface area contributed by atoms with E-state index < -0.39 is 5.97 Å². The highest BCUT2D eigenvalue weighted by Crippen LogP contribution is 2.16. The second-order valence-corrected chi connectivity index (χ2v) is 4.27. The molecule has 1 aliphatic rings. The number of carbonyl (C=O) groups excluding carboxylic acids is 1. The number of carbonyl (C=O) groups is 2. The van der Waals surface area contributed by atoms with Crippen molar-refractivity contribution < 1.29 is 19.1 Å². The standard InChI is InChI=1S/C12H11N3O4/c16-11(9-5-8(7-19-9)12(17)18)15-4-3-14-2-1-13-10(14)6-15/h1-2,5,7H,3-4,6H2,(H,17,18). The van der Waals surface area contributed by atoms with E-state index in [2.05, 4.69) is 4.98 Å². The molecular formula is C12H11N3O4. The van der Waals surface area contributed by atoms with E-state index in [1.165, 1.54) is 6.07 Å². The molecule has 7 nitrogen and oxygen atoms in total. The van der Waals surface area contributed by atoms with Gasteiger partial charge in [0.25, 0.3) is 5.91 Å². The van der Waals surface area contributed by atoms with E-state index >= 15 is 0 Å². The van der Waals surface area contributed by atoms with Gasteiger partial charge in [-0.15, -0.1) is 0 Å². The lowest BCUT2D eigenvalue weighted by molar-refractivity contribution is 0.0672. The van der Waals surface area contributed by atoms with Crippen molar-refractivity contribution in [2.45, 2.75) is 13.1 Å². The van der Waals surface area contributed by atoms with Gasteiger partial charge in [-0.1, -0.05) is 0 Å². The Morgan fingerprint density at radius 1 is 1.37 bits per heavy atom. The Balaban J connectivity index is 1.79. The molecule has 0 aromatic carbocycles. The molecule has 0 aliphatic carbocycles. The molecule has 0 atom stereocenters. The Morgan fingerprint density at radius 2 is 2.21 bits per heavy atom. The van der Waals surface area contributed by atoms with E-state index in [9.17, 15) is 9.59 Å². The average molecular weight is 261 g/mol. The number of carboxylic acid groups (broad SMARTS) is 1. The molecule has 0 saturated heterocycles. The van der Waals surface area contributed by atoms with E-state index in [-0.39, 0.29) is 17.2 Å². The lowest BCUT2D eigenvalue weighted by Crippen LogP contribution is -2.38. The molecule has 1 aliphatic heterocycles. The molecule has 98 valence electrons. The highest BCUT2D eigenvalue weighted by atomic mass is 16.4. The van der Waals surface area contributed by atoms with Crippen molar-refractivity contribution in [2.24, 2.45) is 0 Å². The number of carboxylic acids is 1. The van der Waals surface area contributed by atoms with Crippen molar-refractivity contribution in [3.05, 3.63) is 41.9 Å². The third-order valence-corrected chi connectivity index (χ3v) is 3.09. The van der Waals surface area contributed by atoms with Crippen molar-refractivity contribution in [1.29, 1.82) is 0 Å². The van der Waals surface area contributed by atoms with Crippen LogP contribution in [-0.4, -0.2) is 38.0 Å². The van der Waals surface area contributed by atoms with Crippen LogP contribution in [0.4, 0.5) is 0 Å². The predicted molar refractivity (Wildman–Crippen MR) is 62.6 cm³/mol. The van der Waals surface area contributed by atoms with Gasteiger partial charge in [-0.2, -0.15) is 0 Å². The van der Waals surface area contributed by atoms with Gasteiger partial charge in [-0.3, -0.25) is 4.79 Å². The summed E-state index contributed by atoms with van der Waals surface area (Å²) in [6.45, 7) is 1.62. The summed E-state index contributed by atoms with van der Waals surface area (Å²) < 4.78 is 6.99. The summed E-state index contributed by atoms with van der Waals surface area (Å²) >= 11 is 0. The zero-order valence-corrected chi connectivity index (χ0v) is 9.94. The largest absolute Gasteiger partial charge is 0.478 e. The molecule has 2 aromatic rings. The summed E-state index contributed by atoms with van der Waals surface area (Å²) in [4.78, 5) is 28.7. The van der Waals surface area contributed by atoms with Crippen LogP contribution in [0.1, 0.15) is 26.7 Å². The van der Waals surface area contributed by atoms with E-state index in [1.807, 2.05) is 10.8 Å². The first kappa shape index (κ1) is 11.5. The Kier molecular flexibility index (Phi) is 2.59. The smallest absolute Gasteiger partial charge is 0.338 e.